The second kappa shape index (κ2) is 8.37. The molecule has 23 heavy (non-hydrogen) atoms. The van der Waals surface area contributed by atoms with Gasteiger partial charge in [0.05, 0.1) is 0 Å². The molecule has 2 aromatic carbocycles. The highest BCUT2D eigenvalue weighted by Crippen LogP contribution is 2.16. The van der Waals surface area contributed by atoms with E-state index >= 15 is 0 Å². The quantitative estimate of drug-likeness (QED) is 0.833. The molecule has 0 atom stereocenters. The second-order valence-electron chi connectivity index (χ2n) is 5.89. The highest BCUT2D eigenvalue weighted by Gasteiger charge is 2.11. The Balaban J connectivity index is 1.85. The fourth-order valence-electron chi connectivity index (χ4n) is 2.65. The number of aryl methyl sites for hydroxylation is 2. The van der Waals surface area contributed by atoms with E-state index in [0.29, 0.717) is 19.5 Å². The van der Waals surface area contributed by atoms with Crippen molar-refractivity contribution in [2.75, 3.05) is 18.4 Å². The molecule has 0 aliphatic carbocycles. The van der Waals surface area contributed by atoms with Crippen molar-refractivity contribution in [3.8, 4) is 0 Å². The van der Waals surface area contributed by atoms with E-state index in [-0.39, 0.29) is 5.91 Å². The molecule has 0 saturated carbocycles. The van der Waals surface area contributed by atoms with Gasteiger partial charge in [0, 0.05) is 31.7 Å². The standard InChI is InChI=1S/C20H26N2O/c1-4-22(15-18-8-6-5-7-9-18)20(23)12-13-21-19-11-10-16(2)14-17(19)3/h5-11,14,21H,4,12-13,15H2,1-3H3. The summed E-state index contributed by atoms with van der Waals surface area (Å²) in [5.74, 6) is 0.189. The Morgan fingerprint density at radius 1 is 1.09 bits per heavy atom. The van der Waals surface area contributed by atoms with Crippen LogP contribution < -0.4 is 5.32 Å². The number of benzene rings is 2. The van der Waals surface area contributed by atoms with Crippen molar-refractivity contribution in [3.63, 3.8) is 0 Å². The van der Waals surface area contributed by atoms with Crippen LogP contribution in [0.1, 0.15) is 30.0 Å². The van der Waals surface area contributed by atoms with E-state index in [1.807, 2.05) is 30.0 Å². The highest BCUT2D eigenvalue weighted by atomic mass is 16.2. The van der Waals surface area contributed by atoms with Gasteiger partial charge < -0.3 is 10.2 Å². The summed E-state index contributed by atoms with van der Waals surface area (Å²) in [6.07, 6.45) is 0.508. The van der Waals surface area contributed by atoms with Gasteiger partial charge in [-0.2, -0.15) is 0 Å². The molecule has 2 aromatic rings. The molecule has 3 nitrogen and oxygen atoms in total. The zero-order valence-corrected chi connectivity index (χ0v) is 14.3. The predicted molar refractivity (Wildman–Crippen MR) is 96.6 cm³/mol. The van der Waals surface area contributed by atoms with Crippen molar-refractivity contribution in [2.45, 2.75) is 33.7 Å². The Hall–Kier alpha value is -2.29. The molecule has 0 spiro atoms. The first-order chi connectivity index (χ1) is 11.1. The minimum Gasteiger partial charge on any atom is -0.384 e. The normalized spacial score (nSPS) is 10.4. The first-order valence-electron chi connectivity index (χ1n) is 8.23. The fraction of sp³-hybridized carbons (Fsp3) is 0.350. The van der Waals surface area contributed by atoms with Gasteiger partial charge in [-0.25, -0.2) is 0 Å². The molecule has 3 heteroatoms. The van der Waals surface area contributed by atoms with Crippen LogP contribution in [0.15, 0.2) is 48.5 Å². The second-order valence-corrected chi connectivity index (χ2v) is 5.89. The van der Waals surface area contributed by atoms with Gasteiger partial charge in [-0.05, 0) is 38.0 Å². The van der Waals surface area contributed by atoms with Crippen LogP contribution in [0.3, 0.4) is 0 Å². The maximum atomic E-state index is 12.4. The number of amides is 1. The third kappa shape index (κ3) is 5.13. The number of anilines is 1. The first-order valence-corrected chi connectivity index (χ1v) is 8.23. The van der Waals surface area contributed by atoms with Crippen molar-refractivity contribution >= 4 is 11.6 Å². The van der Waals surface area contributed by atoms with Crippen LogP contribution in [0.25, 0.3) is 0 Å². The van der Waals surface area contributed by atoms with Crippen LogP contribution in [0, 0.1) is 13.8 Å². The van der Waals surface area contributed by atoms with Crippen molar-refractivity contribution in [2.24, 2.45) is 0 Å². The third-order valence-electron chi connectivity index (χ3n) is 3.99. The third-order valence-corrected chi connectivity index (χ3v) is 3.99. The van der Waals surface area contributed by atoms with Gasteiger partial charge in [-0.15, -0.1) is 0 Å². The molecule has 122 valence electrons. The molecule has 2 rings (SSSR count). The SMILES string of the molecule is CCN(Cc1ccccc1)C(=O)CCNc1ccc(C)cc1C. The summed E-state index contributed by atoms with van der Waals surface area (Å²) < 4.78 is 0. The van der Waals surface area contributed by atoms with Crippen LogP contribution in [-0.2, 0) is 11.3 Å². The van der Waals surface area contributed by atoms with E-state index in [9.17, 15) is 4.79 Å². The lowest BCUT2D eigenvalue weighted by molar-refractivity contribution is -0.131. The summed E-state index contributed by atoms with van der Waals surface area (Å²) in [6.45, 7) is 8.28. The molecule has 0 radical (unpaired) electrons. The van der Waals surface area contributed by atoms with Crippen molar-refractivity contribution in [1.29, 1.82) is 0 Å². The fourth-order valence-corrected chi connectivity index (χ4v) is 2.65. The van der Waals surface area contributed by atoms with E-state index in [0.717, 1.165) is 12.2 Å². The molecule has 0 aromatic heterocycles. The number of hydrogen-bond acceptors (Lipinski definition) is 2. The summed E-state index contributed by atoms with van der Waals surface area (Å²) in [5, 5.41) is 3.37. The summed E-state index contributed by atoms with van der Waals surface area (Å²) in [5.41, 5.74) is 4.75. The molecule has 0 aliphatic rings. The number of carbonyl (C=O) groups excluding carboxylic acids is 1. The Kier molecular flexibility index (Phi) is 6.21. The molecule has 0 saturated heterocycles. The monoisotopic (exact) mass is 310 g/mol. The van der Waals surface area contributed by atoms with E-state index in [1.54, 1.807) is 0 Å². The van der Waals surface area contributed by atoms with E-state index in [2.05, 4.69) is 49.5 Å². The van der Waals surface area contributed by atoms with E-state index < -0.39 is 0 Å². The minimum atomic E-state index is 0.189. The van der Waals surface area contributed by atoms with E-state index in [4.69, 9.17) is 0 Å². The lowest BCUT2D eigenvalue weighted by atomic mass is 10.1. The maximum absolute atomic E-state index is 12.4. The maximum Gasteiger partial charge on any atom is 0.224 e. The zero-order valence-electron chi connectivity index (χ0n) is 14.3. The van der Waals surface area contributed by atoms with Gasteiger partial charge in [0.25, 0.3) is 0 Å². The van der Waals surface area contributed by atoms with Crippen molar-refractivity contribution in [3.05, 3.63) is 65.2 Å². The lowest BCUT2D eigenvalue weighted by Gasteiger charge is -2.21. The number of carbonyl (C=O) groups is 1. The van der Waals surface area contributed by atoms with Crippen LogP contribution in [0.5, 0.6) is 0 Å². The molecule has 0 heterocycles. The molecule has 0 fully saturated rings. The lowest BCUT2D eigenvalue weighted by Crippen LogP contribution is -2.31. The van der Waals surface area contributed by atoms with Crippen LogP contribution >= 0.6 is 0 Å². The molecule has 1 N–H and O–H groups in total. The van der Waals surface area contributed by atoms with Crippen LogP contribution in [-0.4, -0.2) is 23.9 Å². The first kappa shape index (κ1) is 17.1. The van der Waals surface area contributed by atoms with Crippen LogP contribution in [0.2, 0.25) is 0 Å². The number of nitrogens with zero attached hydrogens (tertiary/aromatic N) is 1. The number of rotatable bonds is 7. The summed E-state index contributed by atoms with van der Waals surface area (Å²) >= 11 is 0. The summed E-state index contributed by atoms with van der Waals surface area (Å²) in [6, 6.07) is 16.5. The van der Waals surface area contributed by atoms with Gasteiger partial charge >= 0.3 is 0 Å². The highest BCUT2D eigenvalue weighted by molar-refractivity contribution is 5.76. The Labute approximate surface area is 139 Å². The predicted octanol–water partition coefficient (Wildman–Crippen LogP) is 4.15. The van der Waals surface area contributed by atoms with Crippen molar-refractivity contribution in [1.82, 2.24) is 4.90 Å². The molecule has 1 amide bonds. The average Bonchev–Trinajstić information content (AvgIpc) is 2.55. The average molecular weight is 310 g/mol. The van der Waals surface area contributed by atoms with Crippen LogP contribution in [0.4, 0.5) is 5.69 Å². The Bertz CT molecular complexity index is 637. The van der Waals surface area contributed by atoms with Gasteiger partial charge in [0.2, 0.25) is 5.91 Å². The van der Waals surface area contributed by atoms with Gasteiger partial charge in [-0.1, -0.05) is 48.0 Å². The molecular formula is C20H26N2O. The number of nitrogens with one attached hydrogen (secondary N) is 1. The Morgan fingerprint density at radius 3 is 2.48 bits per heavy atom. The molecule has 0 bridgehead atoms. The molecular weight excluding hydrogens is 284 g/mol. The molecule has 0 unspecified atom stereocenters. The Morgan fingerprint density at radius 2 is 1.83 bits per heavy atom. The minimum absolute atomic E-state index is 0.189. The topological polar surface area (TPSA) is 32.3 Å². The van der Waals surface area contributed by atoms with Crippen molar-refractivity contribution < 1.29 is 4.79 Å². The number of hydrogen-bond donors (Lipinski definition) is 1. The van der Waals surface area contributed by atoms with Gasteiger partial charge in [0.1, 0.15) is 0 Å². The molecule has 0 aliphatic heterocycles. The zero-order chi connectivity index (χ0) is 16.7. The summed E-state index contributed by atoms with van der Waals surface area (Å²) in [4.78, 5) is 14.3. The van der Waals surface area contributed by atoms with Gasteiger partial charge in [0.15, 0.2) is 0 Å². The largest absolute Gasteiger partial charge is 0.384 e. The van der Waals surface area contributed by atoms with Gasteiger partial charge in [-0.3, -0.25) is 4.79 Å². The smallest absolute Gasteiger partial charge is 0.224 e. The summed E-state index contributed by atoms with van der Waals surface area (Å²) in [7, 11) is 0. The van der Waals surface area contributed by atoms with E-state index in [1.165, 1.54) is 16.7 Å².